The summed E-state index contributed by atoms with van der Waals surface area (Å²) in [5, 5.41) is 4.12. The van der Waals surface area contributed by atoms with Crippen molar-refractivity contribution in [3.8, 4) is 0 Å². The topological polar surface area (TPSA) is 53.6 Å². The van der Waals surface area contributed by atoms with Crippen LogP contribution in [0, 0.1) is 0 Å². The van der Waals surface area contributed by atoms with E-state index in [0.29, 0.717) is 0 Å². The van der Waals surface area contributed by atoms with Crippen molar-refractivity contribution in [2.75, 3.05) is 7.05 Å². The lowest BCUT2D eigenvalue weighted by Gasteiger charge is -1.91. The van der Waals surface area contributed by atoms with Crippen LogP contribution in [0.1, 0.15) is 5.69 Å². The maximum atomic E-state index is 4.09. The largest absolute Gasteiger partial charge is 0.342 e. The number of hydrogen-bond acceptors (Lipinski definition) is 3. The van der Waals surface area contributed by atoms with Crippen molar-refractivity contribution in [3.63, 3.8) is 0 Å². The van der Waals surface area contributed by atoms with Gasteiger partial charge in [-0.3, -0.25) is 0 Å². The zero-order valence-electron chi connectivity index (χ0n) is 6.83. The Hall–Kier alpha value is -1.42. The predicted molar refractivity (Wildman–Crippen MR) is 46.7 cm³/mol. The lowest BCUT2D eigenvalue weighted by molar-refractivity contribution is 0.799. The summed E-state index contributed by atoms with van der Waals surface area (Å²) in [7, 11) is 1.91. The van der Waals surface area contributed by atoms with E-state index in [-0.39, 0.29) is 0 Å². The smallest absolute Gasteiger partial charge is 0.140 e. The Kier molecular flexibility index (Phi) is 1.75. The van der Waals surface area contributed by atoms with Crippen molar-refractivity contribution >= 4 is 11.0 Å². The van der Waals surface area contributed by atoms with Crippen LogP contribution in [0.25, 0.3) is 11.0 Å². The number of H-pyrrole nitrogens is 1. The van der Waals surface area contributed by atoms with Crippen molar-refractivity contribution in [2.24, 2.45) is 0 Å². The summed E-state index contributed by atoms with van der Waals surface area (Å²) in [5.41, 5.74) is 2.03. The molecule has 0 aliphatic heterocycles. The third-order valence-corrected chi connectivity index (χ3v) is 1.72. The highest BCUT2D eigenvalue weighted by Crippen LogP contribution is 2.10. The Balaban J connectivity index is 2.47. The van der Waals surface area contributed by atoms with Gasteiger partial charge in [-0.25, -0.2) is 9.97 Å². The molecule has 12 heavy (non-hydrogen) atoms. The van der Waals surface area contributed by atoms with Gasteiger partial charge in [-0.05, 0) is 13.1 Å². The van der Waals surface area contributed by atoms with E-state index in [1.165, 1.54) is 0 Å². The quantitative estimate of drug-likeness (QED) is 0.682. The van der Waals surface area contributed by atoms with E-state index in [1.807, 2.05) is 13.1 Å². The summed E-state index contributed by atoms with van der Waals surface area (Å²) in [5.74, 6) is 0. The van der Waals surface area contributed by atoms with Gasteiger partial charge in [-0.15, -0.1) is 0 Å². The van der Waals surface area contributed by atoms with Gasteiger partial charge in [-0.1, -0.05) is 0 Å². The van der Waals surface area contributed by atoms with E-state index >= 15 is 0 Å². The maximum absolute atomic E-state index is 4.09. The number of hydrogen-bond donors (Lipinski definition) is 2. The molecule has 4 nitrogen and oxygen atoms in total. The summed E-state index contributed by atoms with van der Waals surface area (Å²) in [4.78, 5) is 11.2. The van der Waals surface area contributed by atoms with Gasteiger partial charge in [-0.2, -0.15) is 0 Å². The number of aromatic nitrogens is 3. The monoisotopic (exact) mass is 162 g/mol. The van der Waals surface area contributed by atoms with Crippen LogP contribution in [0.5, 0.6) is 0 Å². The van der Waals surface area contributed by atoms with Gasteiger partial charge in [0.25, 0.3) is 0 Å². The lowest BCUT2D eigenvalue weighted by Crippen LogP contribution is -2.04. The molecule has 2 N–H and O–H groups in total. The minimum atomic E-state index is 0.830. The number of nitrogens with zero attached hydrogens (tertiary/aromatic N) is 2. The van der Waals surface area contributed by atoms with Crippen molar-refractivity contribution in [1.82, 2.24) is 20.3 Å². The van der Waals surface area contributed by atoms with Crippen molar-refractivity contribution in [3.05, 3.63) is 24.3 Å². The third kappa shape index (κ3) is 1.16. The first-order chi connectivity index (χ1) is 5.90. The Morgan fingerprint density at radius 3 is 3.25 bits per heavy atom. The van der Waals surface area contributed by atoms with E-state index in [9.17, 15) is 0 Å². The second kappa shape index (κ2) is 2.91. The van der Waals surface area contributed by atoms with Gasteiger partial charge in [0.2, 0.25) is 0 Å². The van der Waals surface area contributed by atoms with Gasteiger partial charge in [0.05, 0.1) is 0 Å². The molecule has 0 atom stereocenters. The molecule has 0 fully saturated rings. The molecule has 0 amide bonds. The first-order valence-electron chi connectivity index (χ1n) is 3.82. The van der Waals surface area contributed by atoms with Gasteiger partial charge in [0, 0.05) is 23.8 Å². The molecule has 0 aromatic carbocycles. The standard InChI is InChI=1S/C8H10N4/c1-9-4-7-2-6-3-10-5-11-8(6)12-7/h2-3,5,9H,4H2,1H3,(H,10,11,12). The molecule has 2 aromatic rings. The van der Waals surface area contributed by atoms with Crippen molar-refractivity contribution < 1.29 is 0 Å². The van der Waals surface area contributed by atoms with E-state index in [0.717, 1.165) is 23.3 Å². The summed E-state index contributed by atoms with van der Waals surface area (Å²) < 4.78 is 0. The van der Waals surface area contributed by atoms with Crippen LogP contribution in [-0.2, 0) is 6.54 Å². The SMILES string of the molecule is CNCc1cc2cncnc2[nH]1. The molecule has 0 radical (unpaired) electrons. The molecule has 2 aromatic heterocycles. The highest BCUT2D eigenvalue weighted by Gasteiger charge is 1.98. The molecule has 0 spiro atoms. The zero-order chi connectivity index (χ0) is 8.39. The Bertz CT molecular complexity index is 346. The van der Waals surface area contributed by atoms with Crippen molar-refractivity contribution in [2.45, 2.75) is 6.54 Å². The maximum Gasteiger partial charge on any atom is 0.140 e. The van der Waals surface area contributed by atoms with Crippen LogP contribution in [-0.4, -0.2) is 22.0 Å². The normalized spacial score (nSPS) is 10.8. The van der Waals surface area contributed by atoms with Crippen LogP contribution >= 0.6 is 0 Å². The average molecular weight is 162 g/mol. The second-order valence-corrected chi connectivity index (χ2v) is 2.65. The summed E-state index contributed by atoms with van der Waals surface area (Å²) in [6.07, 6.45) is 3.35. The summed E-state index contributed by atoms with van der Waals surface area (Å²) in [6.45, 7) is 0.830. The molecular weight excluding hydrogens is 152 g/mol. The molecule has 4 heteroatoms. The fourth-order valence-corrected chi connectivity index (χ4v) is 1.21. The van der Waals surface area contributed by atoms with Gasteiger partial charge < -0.3 is 10.3 Å². The molecule has 0 saturated carbocycles. The van der Waals surface area contributed by atoms with Crippen LogP contribution in [0.3, 0.4) is 0 Å². The number of rotatable bonds is 2. The van der Waals surface area contributed by atoms with Gasteiger partial charge in [0.1, 0.15) is 12.0 Å². The number of fused-ring (bicyclic) bond motifs is 1. The zero-order valence-corrected chi connectivity index (χ0v) is 6.83. The van der Waals surface area contributed by atoms with Gasteiger partial charge in [0.15, 0.2) is 0 Å². The minimum absolute atomic E-state index is 0.830. The molecule has 2 heterocycles. The Labute approximate surface area is 70.0 Å². The lowest BCUT2D eigenvalue weighted by atomic mass is 10.3. The number of nitrogens with one attached hydrogen (secondary N) is 2. The second-order valence-electron chi connectivity index (χ2n) is 2.65. The van der Waals surface area contributed by atoms with Crippen LogP contribution in [0.15, 0.2) is 18.6 Å². The third-order valence-electron chi connectivity index (χ3n) is 1.72. The molecule has 0 saturated heterocycles. The summed E-state index contributed by atoms with van der Waals surface area (Å²) >= 11 is 0. The van der Waals surface area contributed by atoms with Crippen LogP contribution in [0.2, 0.25) is 0 Å². The van der Waals surface area contributed by atoms with E-state index in [4.69, 9.17) is 0 Å². The molecule has 62 valence electrons. The first kappa shape index (κ1) is 7.24. The molecule has 0 bridgehead atoms. The minimum Gasteiger partial charge on any atom is -0.342 e. The van der Waals surface area contributed by atoms with Crippen LogP contribution < -0.4 is 5.32 Å². The molecular formula is C8H10N4. The van der Waals surface area contributed by atoms with E-state index < -0.39 is 0 Å². The number of aromatic amines is 1. The van der Waals surface area contributed by atoms with E-state index in [1.54, 1.807) is 12.5 Å². The highest BCUT2D eigenvalue weighted by atomic mass is 14.9. The van der Waals surface area contributed by atoms with Crippen LogP contribution in [0.4, 0.5) is 0 Å². The van der Waals surface area contributed by atoms with Crippen molar-refractivity contribution in [1.29, 1.82) is 0 Å². The Morgan fingerprint density at radius 1 is 1.58 bits per heavy atom. The average Bonchev–Trinajstić information content (AvgIpc) is 2.47. The molecule has 0 aliphatic rings. The van der Waals surface area contributed by atoms with E-state index in [2.05, 4.69) is 20.3 Å². The highest BCUT2D eigenvalue weighted by molar-refractivity contribution is 5.74. The van der Waals surface area contributed by atoms with Gasteiger partial charge >= 0.3 is 0 Å². The molecule has 2 rings (SSSR count). The molecule has 0 unspecified atom stereocenters. The fourth-order valence-electron chi connectivity index (χ4n) is 1.21. The summed E-state index contributed by atoms with van der Waals surface area (Å²) in [6, 6.07) is 2.05. The molecule has 0 aliphatic carbocycles. The first-order valence-corrected chi connectivity index (χ1v) is 3.82. The Morgan fingerprint density at radius 2 is 2.50 bits per heavy atom. The predicted octanol–water partition coefficient (Wildman–Crippen LogP) is 0.677. The fraction of sp³-hybridized carbons (Fsp3) is 0.250.